The molecule has 3 aliphatic heterocycles. The molecule has 1 aliphatic carbocycles. The lowest BCUT2D eigenvalue weighted by molar-refractivity contribution is -0.265. The summed E-state index contributed by atoms with van der Waals surface area (Å²) < 4.78 is 41.8. The molecule has 2 unspecified atom stereocenters. The third kappa shape index (κ3) is 16.4. The minimum absolute atomic E-state index is 0.0178. The van der Waals surface area contributed by atoms with Crippen LogP contribution in [0.4, 0.5) is 0 Å². The fourth-order valence-corrected chi connectivity index (χ4v) is 11.8. The number of cyclic esters (lactones) is 1. The minimum Gasteiger partial charge on any atom is -0.460 e. The van der Waals surface area contributed by atoms with Crippen molar-refractivity contribution in [2.24, 2.45) is 41.4 Å². The third-order valence-corrected chi connectivity index (χ3v) is 16.6. The molecule has 15 heteroatoms. The van der Waals surface area contributed by atoms with Gasteiger partial charge in [-0.2, -0.15) is 0 Å². The number of fused-ring (bicyclic) bond motifs is 3. The van der Waals surface area contributed by atoms with Crippen LogP contribution in [0.5, 0.6) is 0 Å². The lowest BCUT2D eigenvalue weighted by atomic mass is 9.74. The summed E-state index contributed by atoms with van der Waals surface area (Å²) in [5.74, 6) is -7.40. The van der Waals surface area contributed by atoms with E-state index in [1.54, 1.807) is 47.7 Å². The highest BCUT2D eigenvalue weighted by Gasteiger charge is 2.53. The number of carbonyl (C=O) groups is 5. The first-order valence-corrected chi connectivity index (χ1v) is 27.9. The number of ketones is 3. The number of methoxy groups -OCH3 is 3. The average Bonchev–Trinajstić information content (AvgIpc) is 3.33. The Labute approximate surface area is 419 Å². The maximum Gasteiger partial charge on any atom is 0.335 e. The van der Waals surface area contributed by atoms with Crippen LogP contribution in [0.25, 0.3) is 0 Å². The summed E-state index contributed by atoms with van der Waals surface area (Å²) in [5, 5.41) is 23.5. The van der Waals surface area contributed by atoms with Crippen molar-refractivity contribution >= 4 is 37.0 Å². The average molecular weight is 1000 g/mol. The van der Waals surface area contributed by atoms with E-state index >= 15 is 0 Å². The van der Waals surface area contributed by atoms with E-state index in [1.165, 1.54) is 12.0 Å². The third-order valence-electron chi connectivity index (χ3n) is 15.7. The molecule has 4 aliphatic rings. The molecule has 0 aromatic rings. The van der Waals surface area contributed by atoms with Gasteiger partial charge in [0.05, 0.1) is 18.3 Å². The van der Waals surface area contributed by atoms with Gasteiger partial charge < -0.3 is 38.8 Å². The van der Waals surface area contributed by atoms with Crippen molar-refractivity contribution in [2.45, 2.75) is 187 Å². The summed E-state index contributed by atoms with van der Waals surface area (Å²) in [7, 11) is 3.49. The summed E-state index contributed by atoms with van der Waals surface area (Å²) in [4.78, 5) is 72.4. The molecule has 0 spiro atoms. The highest BCUT2D eigenvalue weighted by molar-refractivity contribution is 7.43. The van der Waals surface area contributed by atoms with Crippen LogP contribution in [0.15, 0.2) is 47.6 Å². The number of nitrogens with zero attached hydrogens (tertiary/aromatic N) is 1. The van der Waals surface area contributed by atoms with Crippen LogP contribution in [-0.4, -0.2) is 133 Å². The van der Waals surface area contributed by atoms with Crippen LogP contribution in [0, 0.1) is 41.4 Å². The Morgan fingerprint density at radius 2 is 1.61 bits per heavy atom. The quantitative estimate of drug-likeness (QED) is 0.0915. The smallest absolute Gasteiger partial charge is 0.335 e. The topological polar surface area (TPSA) is 192 Å². The molecule has 4 rings (SSSR count). The van der Waals surface area contributed by atoms with Crippen molar-refractivity contribution in [3.63, 3.8) is 0 Å². The monoisotopic (exact) mass is 1000 g/mol. The number of piperidine rings is 1. The van der Waals surface area contributed by atoms with Crippen molar-refractivity contribution in [3.8, 4) is 0 Å². The molecule has 0 aromatic carbocycles. The molecule has 70 heavy (non-hydrogen) atoms. The van der Waals surface area contributed by atoms with E-state index in [9.17, 15) is 38.8 Å². The first-order chi connectivity index (χ1) is 33.1. The van der Waals surface area contributed by atoms with Gasteiger partial charge in [-0.3, -0.25) is 19.2 Å². The van der Waals surface area contributed by atoms with Gasteiger partial charge in [0.25, 0.3) is 11.7 Å². The second kappa shape index (κ2) is 28.3. The van der Waals surface area contributed by atoms with Crippen LogP contribution in [-0.2, 0) is 52.2 Å². The molecule has 1 saturated carbocycles. The molecule has 3 heterocycles. The molecule has 14 nitrogen and oxygen atoms in total. The van der Waals surface area contributed by atoms with Crippen molar-refractivity contribution in [1.82, 2.24) is 4.90 Å². The summed E-state index contributed by atoms with van der Waals surface area (Å²) in [6.45, 7) is 14.6. The van der Waals surface area contributed by atoms with E-state index < -0.39 is 85.6 Å². The number of ether oxygens (including phenoxy) is 5. The lowest BCUT2D eigenvalue weighted by Gasteiger charge is -2.42. The molecule has 1 amide bonds. The molecular formula is C55H87NO13P+. The van der Waals surface area contributed by atoms with Gasteiger partial charge in [0.2, 0.25) is 5.79 Å². The Balaban J connectivity index is 1.69. The Bertz CT molecular complexity index is 1910. The zero-order valence-electron chi connectivity index (χ0n) is 44.1. The van der Waals surface area contributed by atoms with Crippen LogP contribution >= 0.6 is 7.80 Å². The Kier molecular flexibility index (Phi) is 24.0. The van der Waals surface area contributed by atoms with Gasteiger partial charge in [-0.05, 0) is 126 Å². The first kappa shape index (κ1) is 59.3. The van der Waals surface area contributed by atoms with E-state index in [2.05, 4.69) is 0 Å². The number of amides is 1. The summed E-state index contributed by atoms with van der Waals surface area (Å²) in [6, 6.07) is -1.13. The predicted molar refractivity (Wildman–Crippen MR) is 270 cm³/mol. The van der Waals surface area contributed by atoms with Crippen LogP contribution in [0.3, 0.4) is 0 Å². The number of rotatable bonds is 10. The maximum absolute atomic E-state index is 14.5. The maximum atomic E-state index is 14.5. The van der Waals surface area contributed by atoms with Crippen molar-refractivity contribution in [1.29, 1.82) is 0 Å². The Hall–Kier alpha value is -3.23. The summed E-state index contributed by atoms with van der Waals surface area (Å²) >= 11 is 0. The zero-order valence-corrected chi connectivity index (χ0v) is 45.0. The number of hydrogen-bond acceptors (Lipinski definition) is 13. The van der Waals surface area contributed by atoms with Gasteiger partial charge in [-0.25, -0.2) is 4.79 Å². The second-order valence-electron chi connectivity index (χ2n) is 21.3. The fourth-order valence-electron chi connectivity index (χ4n) is 11.1. The van der Waals surface area contributed by atoms with Crippen molar-refractivity contribution in [3.05, 3.63) is 47.6 Å². The minimum atomic E-state index is -2.43. The van der Waals surface area contributed by atoms with E-state index in [0.717, 1.165) is 37.7 Å². The molecular weight excluding hydrogens is 914 g/mol. The van der Waals surface area contributed by atoms with Crippen LogP contribution in [0.2, 0.25) is 0 Å². The van der Waals surface area contributed by atoms with Gasteiger partial charge >= 0.3 is 13.8 Å². The number of aliphatic hydroxyl groups excluding tert-OH is 1. The normalized spacial score (nSPS) is 37.4. The van der Waals surface area contributed by atoms with Gasteiger partial charge in [-0.1, -0.05) is 75.6 Å². The zero-order chi connectivity index (χ0) is 51.9. The molecule has 16 atom stereocenters. The van der Waals surface area contributed by atoms with Gasteiger partial charge in [0.15, 0.2) is 5.78 Å². The molecule has 0 radical (unpaired) electrons. The van der Waals surface area contributed by atoms with Gasteiger partial charge in [-0.15, -0.1) is 0 Å². The van der Waals surface area contributed by atoms with Crippen molar-refractivity contribution in [2.75, 3.05) is 40.7 Å². The van der Waals surface area contributed by atoms with E-state index in [0.29, 0.717) is 62.6 Å². The largest absolute Gasteiger partial charge is 0.460 e. The van der Waals surface area contributed by atoms with E-state index in [-0.39, 0.29) is 54.8 Å². The molecule has 2 saturated heterocycles. The van der Waals surface area contributed by atoms with Gasteiger partial charge in [0, 0.05) is 58.5 Å². The van der Waals surface area contributed by atoms with Crippen LogP contribution < -0.4 is 0 Å². The molecule has 3 fully saturated rings. The number of hydrogen-bond donors (Lipinski definition) is 2. The first-order valence-electron chi connectivity index (χ1n) is 26.0. The molecule has 2 N–H and O–H groups in total. The summed E-state index contributed by atoms with van der Waals surface area (Å²) in [5.41, 5.74) is 1.28. The Morgan fingerprint density at radius 3 is 2.29 bits per heavy atom. The molecule has 394 valence electrons. The fraction of sp³-hybridized carbons (Fsp3) is 0.764. The number of aliphatic hydroxyl groups is 2. The number of carbonyl (C=O) groups excluding carboxylic acids is 5. The van der Waals surface area contributed by atoms with Crippen LogP contribution in [0.1, 0.15) is 138 Å². The summed E-state index contributed by atoms with van der Waals surface area (Å²) in [6.07, 6.45) is 15.6. The van der Waals surface area contributed by atoms with E-state index in [1.807, 2.05) is 58.1 Å². The highest BCUT2D eigenvalue weighted by Crippen LogP contribution is 2.40. The molecule has 2 bridgehead atoms. The van der Waals surface area contributed by atoms with E-state index in [4.69, 9.17) is 23.7 Å². The van der Waals surface area contributed by atoms with Crippen molar-refractivity contribution < 1.29 is 62.4 Å². The number of allylic oxidation sites excluding steroid dienone is 6. The second-order valence-corrected chi connectivity index (χ2v) is 23.0. The number of esters is 1. The lowest BCUT2D eigenvalue weighted by Crippen LogP contribution is -2.61. The SMILES string of the molecule is CO[C@H]1C[C@@H]2CC[C@@H](C)[C@@](O)(O2)C(=O)C(=O)N2CCCC[C@H]2C(=O)O[C@H]([C@H](C)C[C@@H]2CCC(CCC[P+](C)=O)[C@H](OC)C2)CC(=O)[C@H](C)/C=C(\C)[C@@H](O)[C@@H](OC)C(=O)[C@H](C)C[C@H](C)/C=C/C=CC=C1C. The predicted octanol–water partition coefficient (Wildman–Crippen LogP) is 8.67. The molecule has 0 aromatic heterocycles. The highest BCUT2D eigenvalue weighted by atomic mass is 31.1. The number of Topliss-reactive ketones (excluding diaryl/α,β-unsaturated/α-hetero) is 3. The van der Waals surface area contributed by atoms with Gasteiger partial charge in [0.1, 0.15) is 43.0 Å². The Morgan fingerprint density at radius 1 is 0.886 bits per heavy atom. The standard InChI is InChI=1S/C55H87NO13P/c1-34-18-13-12-14-19-35(2)46(65-8)32-43-25-22-40(7)55(63,69-43)52(60)53(61)56-26-16-15-21-44(56)54(62)68-47(37(4)30-41-23-24-42(48(31-41)66-9)20-17-27-70(11)64)33-45(57)36(3)29-39(6)50(59)51(67-10)49(58)38(5)28-34/h12-14,18-19,29,34,36-38,40-44,46-48,50-51,59,63H,15-17,20-28,30-33H2,1-11H3/q+1/b14-12?,18-13+,35-19?,39-29+/t34-,36-,37-,38-,40-,41+,42?,43+,44+,46+,47+,48-,50-,51+,55-/m1/s1.